The Kier molecular flexibility index (Phi) is 7.08. The number of urea groups is 1. The van der Waals surface area contributed by atoms with Gasteiger partial charge in [0.2, 0.25) is 11.8 Å². The number of imide groups is 1. The van der Waals surface area contributed by atoms with E-state index < -0.39 is 35.5 Å². The van der Waals surface area contributed by atoms with Crippen molar-refractivity contribution in [1.82, 2.24) is 20.4 Å². The summed E-state index contributed by atoms with van der Waals surface area (Å²) >= 11 is 0. The van der Waals surface area contributed by atoms with Crippen LogP contribution in [0.4, 0.5) is 24.1 Å². The molecule has 1 aromatic carbocycles. The van der Waals surface area contributed by atoms with Crippen molar-refractivity contribution >= 4 is 29.6 Å². The first-order chi connectivity index (χ1) is 16.6. The van der Waals surface area contributed by atoms with Gasteiger partial charge in [0, 0.05) is 70.8 Å². The highest BCUT2D eigenvalue weighted by Gasteiger charge is 2.35. The van der Waals surface area contributed by atoms with E-state index in [-0.39, 0.29) is 36.6 Å². The third-order valence-electron chi connectivity index (χ3n) is 6.59. The van der Waals surface area contributed by atoms with Gasteiger partial charge < -0.3 is 24.8 Å². The van der Waals surface area contributed by atoms with Gasteiger partial charge in [-0.05, 0) is 18.6 Å². The topological polar surface area (TPSA) is 111 Å². The summed E-state index contributed by atoms with van der Waals surface area (Å²) in [7, 11) is 3.38. The maximum atomic E-state index is 14.7. The molecule has 2 N–H and O–H groups in total. The number of alkyl carbamates (subject to hydrolysis) is 1. The van der Waals surface area contributed by atoms with E-state index in [4.69, 9.17) is 4.74 Å². The van der Waals surface area contributed by atoms with Crippen LogP contribution >= 0.6 is 0 Å². The summed E-state index contributed by atoms with van der Waals surface area (Å²) < 4.78 is 34.9. The number of ether oxygens (including phenoxy) is 1. The predicted molar refractivity (Wildman–Crippen MR) is 121 cm³/mol. The van der Waals surface area contributed by atoms with Crippen molar-refractivity contribution in [2.75, 3.05) is 45.2 Å². The summed E-state index contributed by atoms with van der Waals surface area (Å²) in [6.07, 6.45) is 0.364. The van der Waals surface area contributed by atoms with E-state index in [1.54, 1.807) is 23.9 Å². The maximum Gasteiger partial charge on any atom is 0.407 e. The number of carbonyl (C=O) groups excluding carboxylic acids is 4. The molecule has 12 heteroatoms. The SMILES string of the molecule is CN(C)C(=O)N1CCC(OC(=O)NC2CN(c3cc(F)c(C4CCC(=O)NC4=O)c(F)c3)C2)CC1. The molecule has 5 amide bonds. The molecule has 190 valence electrons. The molecule has 1 atom stereocenters. The van der Waals surface area contributed by atoms with E-state index in [1.807, 2.05) is 0 Å². The zero-order chi connectivity index (χ0) is 25.3. The van der Waals surface area contributed by atoms with Crippen LogP contribution < -0.4 is 15.5 Å². The second-order valence-electron chi connectivity index (χ2n) is 9.34. The molecule has 0 spiro atoms. The zero-order valence-corrected chi connectivity index (χ0v) is 19.7. The van der Waals surface area contributed by atoms with Crippen molar-refractivity contribution in [2.45, 2.75) is 43.7 Å². The Morgan fingerprint density at radius 3 is 2.29 bits per heavy atom. The largest absolute Gasteiger partial charge is 0.446 e. The molecule has 1 aromatic rings. The first kappa shape index (κ1) is 24.7. The molecule has 3 aliphatic rings. The Hall–Kier alpha value is -3.44. The minimum atomic E-state index is -1.05. The second kappa shape index (κ2) is 10.0. The first-order valence-corrected chi connectivity index (χ1v) is 11.6. The summed E-state index contributed by atoms with van der Waals surface area (Å²) in [6, 6.07) is 2.03. The minimum absolute atomic E-state index is 0.0277. The Balaban J connectivity index is 1.25. The maximum absolute atomic E-state index is 14.7. The van der Waals surface area contributed by atoms with Gasteiger partial charge in [0.25, 0.3) is 0 Å². The molecule has 0 bridgehead atoms. The van der Waals surface area contributed by atoms with Crippen LogP contribution in [0, 0.1) is 11.6 Å². The fourth-order valence-electron chi connectivity index (χ4n) is 4.64. The fourth-order valence-corrected chi connectivity index (χ4v) is 4.64. The monoisotopic (exact) mass is 493 g/mol. The number of benzene rings is 1. The lowest BCUT2D eigenvalue weighted by molar-refractivity contribution is -0.134. The van der Waals surface area contributed by atoms with Gasteiger partial charge in [0.15, 0.2) is 0 Å². The smallest absolute Gasteiger partial charge is 0.407 e. The molecule has 1 unspecified atom stereocenters. The molecular weight excluding hydrogens is 464 g/mol. The summed E-state index contributed by atoms with van der Waals surface area (Å²) in [6.45, 7) is 1.72. The third-order valence-corrected chi connectivity index (χ3v) is 6.59. The summed E-state index contributed by atoms with van der Waals surface area (Å²) in [5, 5.41) is 4.87. The van der Waals surface area contributed by atoms with Crippen molar-refractivity contribution in [3.8, 4) is 0 Å². The van der Waals surface area contributed by atoms with Crippen LogP contribution in [0.5, 0.6) is 0 Å². The number of hydrogen-bond donors (Lipinski definition) is 2. The van der Waals surface area contributed by atoms with Crippen molar-refractivity contribution in [3.05, 3.63) is 29.3 Å². The average molecular weight is 494 g/mol. The van der Waals surface area contributed by atoms with Gasteiger partial charge in [0.1, 0.15) is 17.7 Å². The van der Waals surface area contributed by atoms with Crippen LogP contribution in [0.1, 0.15) is 37.2 Å². The van der Waals surface area contributed by atoms with Crippen molar-refractivity contribution in [3.63, 3.8) is 0 Å². The quantitative estimate of drug-likeness (QED) is 0.616. The molecule has 4 rings (SSSR count). The highest BCUT2D eigenvalue weighted by molar-refractivity contribution is 6.01. The van der Waals surface area contributed by atoms with E-state index in [0.717, 1.165) is 0 Å². The van der Waals surface area contributed by atoms with Gasteiger partial charge in [-0.15, -0.1) is 0 Å². The van der Waals surface area contributed by atoms with Crippen LogP contribution in [0.15, 0.2) is 12.1 Å². The number of nitrogens with zero attached hydrogens (tertiary/aromatic N) is 3. The normalized spacial score (nSPS) is 21.3. The van der Waals surface area contributed by atoms with Crippen LogP contribution in [0.2, 0.25) is 0 Å². The number of hydrogen-bond acceptors (Lipinski definition) is 6. The summed E-state index contributed by atoms with van der Waals surface area (Å²) in [5.74, 6) is -3.89. The summed E-state index contributed by atoms with van der Waals surface area (Å²) in [5.41, 5.74) is -0.0313. The molecule has 3 heterocycles. The van der Waals surface area contributed by atoms with E-state index in [1.165, 1.54) is 17.0 Å². The number of likely N-dealkylation sites (tertiary alicyclic amines) is 1. The molecule has 3 fully saturated rings. The minimum Gasteiger partial charge on any atom is -0.446 e. The lowest BCUT2D eigenvalue weighted by Crippen LogP contribution is -2.60. The van der Waals surface area contributed by atoms with Gasteiger partial charge in [-0.3, -0.25) is 14.9 Å². The van der Waals surface area contributed by atoms with E-state index in [2.05, 4.69) is 10.6 Å². The molecule has 0 aliphatic carbocycles. The van der Waals surface area contributed by atoms with E-state index in [9.17, 15) is 28.0 Å². The van der Waals surface area contributed by atoms with Gasteiger partial charge in [-0.1, -0.05) is 0 Å². The Bertz CT molecular complexity index is 999. The van der Waals surface area contributed by atoms with E-state index >= 15 is 0 Å². The number of carbonyl (C=O) groups is 4. The number of piperidine rings is 2. The van der Waals surface area contributed by atoms with Crippen molar-refractivity contribution in [2.24, 2.45) is 0 Å². The lowest BCUT2D eigenvalue weighted by atomic mass is 9.89. The first-order valence-electron chi connectivity index (χ1n) is 11.6. The highest BCUT2D eigenvalue weighted by Crippen LogP contribution is 2.33. The van der Waals surface area contributed by atoms with Gasteiger partial charge >= 0.3 is 12.1 Å². The average Bonchev–Trinajstić information content (AvgIpc) is 2.76. The lowest BCUT2D eigenvalue weighted by Gasteiger charge is -2.41. The molecule has 0 saturated carbocycles. The van der Waals surface area contributed by atoms with Crippen LogP contribution in [0.3, 0.4) is 0 Å². The standard InChI is InChI=1S/C23H29F2N5O5/c1-28(2)23(34)29-7-5-15(6-8-29)35-22(33)26-13-11-30(12-13)14-9-17(24)20(18(25)10-14)16-3-4-19(31)27-21(16)32/h9-10,13,15-16H,3-8,11-12H2,1-2H3,(H,26,33)(H,27,31,32). The Morgan fingerprint density at radius 1 is 1.09 bits per heavy atom. The Morgan fingerprint density at radius 2 is 1.71 bits per heavy atom. The number of anilines is 1. The zero-order valence-electron chi connectivity index (χ0n) is 19.7. The molecule has 3 aliphatic heterocycles. The van der Waals surface area contributed by atoms with Crippen molar-refractivity contribution in [1.29, 1.82) is 0 Å². The molecule has 10 nitrogen and oxygen atoms in total. The van der Waals surface area contributed by atoms with Crippen LogP contribution in [-0.4, -0.2) is 86.2 Å². The van der Waals surface area contributed by atoms with Crippen LogP contribution in [-0.2, 0) is 14.3 Å². The number of halogens is 2. The van der Waals surface area contributed by atoms with E-state index in [0.29, 0.717) is 44.7 Å². The molecule has 3 saturated heterocycles. The molecule has 35 heavy (non-hydrogen) atoms. The second-order valence-corrected chi connectivity index (χ2v) is 9.34. The highest BCUT2D eigenvalue weighted by atomic mass is 19.1. The number of amides is 5. The van der Waals surface area contributed by atoms with Crippen LogP contribution in [0.25, 0.3) is 0 Å². The third kappa shape index (κ3) is 5.46. The molecule has 0 aromatic heterocycles. The Labute approximate surface area is 201 Å². The summed E-state index contributed by atoms with van der Waals surface area (Å²) in [4.78, 5) is 52.5. The number of nitrogens with one attached hydrogen (secondary N) is 2. The fraction of sp³-hybridized carbons (Fsp3) is 0.565. The van der Waals surface area contributed by atoms with Gasteiger partial charge in [-0.25, -0.2) is 18.4 Å². The van der Waals surface area contributed by atoms with Gasteiger partial charge in [-0.2, -0.15) is 0 Å². The van der Waals surface area contributed by atoms with Gasteiger partial charge in [0.05, 0.1) is 12.0 Å². The molecule has 0 radical (unpaired) electrons. The number of rotatable bonds is 4. The van der Waals surface area contributed by atoms with Crippen molar-refractivity contribution < 1.29 is 32.7 Å². The molecular formula is C23H29F2N5O5. The predicted octanol–water partition coefficient (Wildman–Crippen LogP) is 1.55.